The van der Waals surface area contributed by atoms with Crippen LogP contribution in [0.4, 0.5) is 0 Å². The summed E-state index contributed by atoms with van der Waals surface area (Å²) in [7, 11) is 0. The van der Waals surface area contributed by atoms with E-state index in [1.54, 1.807) is 0 Å². The van der Waals surface area contributed by atoms with Gasteiger partial charge in [-0.05, 0) is 36.3 Å². The molecule has 1 nitrogen and oxygen atoms in total. The first-order valence-corrected chi connectivity index (χ1v) is 5.81. The van der Waals surface area contributed by atoms with Crippen LogP contribution in [0.15, 0.2) is 24.5 Å². The van der Waals surface area contributed by atoms with E-state index in [2.05, 4.69) is 24.0 Å². The fraction of sp³-hybridized carbons (Fsp3) is 0.615. The zero-order valence-corrected chi connectivity index (χ0v) is 8.95. The molecule has 1 heteroatoms. The molecule has 1 aromatic heterocycles. The van der Waals surface area contributed by atoms with Gasteiger partial charge in [0.05, 0.1) is 0 Å². The zero-order valence-electron chi connectivity index (χ0n) is 8.95. The monoisotopic (exact) mass is 189 g/mol. The number of unbranched alkanes of at least 4 members (excludes halogenated alkanes) is 2. The first-order chi connectivity index (χ1) is 6.92. The molecule has 76 valence electrons. The van der Waals surface area contributed by atoms with E-state index in [0.29, 0.717) is 0 Å². The molecule has 0 N–H and O–H groups in total. The summed E-state index contributed by atoms with van der Waals surface area (Å²) in [4.78, 5) is 4.18. The summed E-state index contributed by atoms with van der Waals surface area (Å²) in [6.45, 7) is 2.27. The van der Waals surface area contributed by atoms with E-state index in [1.807, 2.05) is 12.4 Å². The van der Waals surface area contributed by atoms with Crippen LogP contribution in [0.25, 0.3) is 0 Å². The fourth-order valence-electron chi connectivity index (χ4n) is 2.23. The Labute approximate surface area is 86.6 Å². The molecule has 1 aliphatic carbocycles. The number of aromatic nitrogens is 1. The molecule has 1 fully saturated rings. The summed E-state index contributed by atoms with van der Waals surface area (Å²) >= 11 is 0. The fourth-order valence-corrected chi connectivity index (χ4v) is 2.23. The van der Waals surface area contributed by atoms with Gasteiger partial charge >= 0.3 is 0 Å². The van der Waals surface area contributed by atoms with E-state index in [1.165, 1.54) is 37.7 Å². The summed E-state index contributed by atoms with van der Waals surface area (Å²) in [5.41, 5.74) is 1.45. The summed E-state index contributed by atoms with van der Waals surface area (Å²) in [5, 5.41) is 0. The predicted octanol–water partition coefficient (Wildman–Crippen LogP) is 3.77. The highest BCUT2D eigenvalue weighted by Crippen LogP contribution is 2.49. The normalized spacial score (nSPS) is 24.9. The Kier molecular flexibility index (Phi) is 3.18. The van der Waals surface area contributed by atoms with Crippen molar-refractivity contribution in [1.29, 1.82) is 0 Å². The second-order valence-corrected chi connectivity index (χ2v) is 4.38. The van der Waals surface area contributed by atoms with E-state index in [9.17, 15) is 0 Å². The van der Waals surface area contributed by atoms with Crippen LogP contribution < -0.4 is 0 Å². The van der Waals surface area contributed by atoms with Crippen molar-refractivity contribution in [3.05, 3.63) is 30.1 Å². The van der Waals surface area contributed by atoms with E-state index >= 15 is 0 Å². The third kappa shape index (κ3) is 2.34. The lowest BCUT2D eigenvalue weighted by Gasteiger charge is -1.99. The van der Waals surface area contributed by atoms with E-state index in [0.717, 1.165) is 11.8 Å². The van der Waals surface area contributed by atoms with E-state index in [-0.39, 0.29) is 0 Å². The van der Waals surface area contributed by atoms with Crippen LogP contribution >= 0.6 is 0 Å². The summed E-state index contributed by atoms with van der Waals surface area (Å²) in [6.07, 6.45) is 10.9. The Morgan fingerprint density at radius 2 is 2.36 bits per heavy atom. The highest BCUT2D eigenvalue weighted by molar-refractivity contribution is 5.21. The maximum atomic E-state index is 4.18. The molecule has 0 amide bonds. The third-order valence-corrected chi connectivity index (χ3v) is 3.21. The molecular formula is C13H19N. The molecule has 0 aromatic carbocycles. The quantitative estimate of drug-likeness (QED) is 0.642. The van der Waals surface area contributed by atoms with Crippen LogP contribution in [-0.4, -0.2) is 4.98 Å². The Morgan fingerprint density at radius 1 is 1.43 bits per heavy atom. The average Bonchev–Trinajstić information content (AvgIpc) is 2.99. The lowest BCUT2D eigenvalue weighted by molar-refractivity contribution is 0.609. The number of hydrogen-bond acceptors (Lipinski definition) is 1. The molecule has 1 heterocycles. The molecular weight excluding hydrogens is 170 g/mol. The first kappa shape index (κ1) is 9.70. The number of nitrogens with zero attached hydrogens (tertiary/aromatic N) is 1. The van der Waals surface area contributed by atoms with Gasteiger partial charge in [0.2, 0.25) is 0 Å². The molecule has 0 aliphatic heterocycles. The standard InChI is InChI=1S/C13H19N/c1-2-3-4-6-11-9-13(11)12-7-5-8-14-10-12/h5,7-8,10-11,13H,2-4,6,9H2,1H3/t11-,13-/m0/s1. The largest absolute Gasteiger partial charge is 0.264 e. The molecule has 2 rings (SSSR count). The van der Waals surface area contributed by atoms with Crippen LogP contribution in [0, 0.1) is 5.92 Å². The number of pyridine rings is 1. The van der Waals surface area contributed by atoms with Crippen molar-refractivity contribution in [2.45, 2.75) is 44.9 Å². The predicted molar refractivity (Wildman–Crippen MR) is 59.2 cm³/mol. The lowest BCUT2D eigenvalue weighted by atomic mass is 10.1. The Morgan fingerprint density at radius 3 is 3.07 bits per heavy atom. The van der Waals surface area contributed by atoms with Crippen molar-refractivity contribution in [3.63, 3.8) is 0 Å². The first-order valence-electron chi connectivity index (χ1n) is 5.81. The molecule has 0 saturated heterocycles. The van der Waals surface area contributed by atoms with E-state index < -0.39 is 0 Å². The minimum atomic E-state index is 0.834. The van der Waals surface area contributed by atoms with Gasteiger partial charge in [-0.1, -0.05) is 32.3 Å². The summed E-state index contributed by atoms with van der Waals surface area (Å²) < 4.78 is 0. The van der Waals surface area contributed by atoms with Crippen molar-refractivity contribution in [3.8, 4) is 0 Å². The molecule has 0 spiro atoms. The molecule has 0 unspecified atom stereocenters. The van der Waals surface area contributed by atoms with Crippen LogP contribution in [0.3, 0.4) is 0 Å². The molecule has 14 heavy (non-hydrogen) atoms. The van der Waals surface area contributed by atoms with Crippen molar-refractivity contribution in [2.24, 2.45) is 5.92 Å². The van der Waals surface area contributed by atoms with Crippen LogP contribution in [-0.2, 0) is 0 Å². The molecule has 0 bridgehead atoms. The summed E-state index contributed by atoms with van der Waals surface area (Å²) in [6, 6.07) is 4.27. The third-order valence-electron chi connectivity index (χ3n) is 3.21. The molecule has 0 radical (unpaired) electrons. The molecule has 1 aromatic rings. The Hall–Kier alpha value is -0.850. The summed E-state index contributed by atoms with van der Waals surface area (Å²) in [5.74, 6) is 1.80. The highest BCUT2D eigenvalue weighted by atomic mass is 14.6. The molecule has 1 aliphatic rings. The van der Waals surface area contributed by atoms with Gasteiger partial charge in [0.25, 0.3) is 0 Å². The highest BCUT2D eigenvalue weighted by Gasteiger charge is 2.37. The maximum absolute atomic E-state index is 4.18. The van der Waals surface area contributed by atoms with Crippen LogP contribution in [0.5, 0.6) is 0 Å². The minimum absolute atomic E-state index is 0.834. The number of hydrogen-bond donors (Lipinski definition) is 0. The van der Waals surface area contributed by atoms with Gasteiger partial charge in [-0.2, -0.15) is 0 Å². The van der Waals surface area contributed by atoms with Gasteiger partial charge in [0, 0.05) is 12.4 Å². The second kappa shape index (κ2) is 4.59. The van der Waals surface area contributed by atoms with Crippen molar-refractivity contribution < 1.29 is 0 Å². The molecule has 2 atom stereocenters. The minimum Gasteiger partial charge on any atom is -0.264 e. The van der Waals surface area contributed by atoms with Crippen LogP contribution in [0.2, 0.25) is 0 Å². The van der Waals surface area contributed by atoms with Crippen LogP contribution in [0.1, 0.15) is 50.5 Å². The zero-order chi connectivity index (χ0) is 9.80. The van der Waals surface area contributed by atoms with Crippen molar-refractivity contribution >= 4 is 0 Å². The average molecular weight is 189 g/mol. The smallest absolute Gasteiger partial charge is 0.0302 e. The van der Waals surface area contributed by atoms with Crippen molar-refractivity contribution in [1.82, 2.24) is 4.98 Å². The Bertz CT molecular complexity index is 268. The SMILES string of the molecule is CCCCC[C@H]1C[C@@H]1c1cccnc1. The second-order valence-electron chi connectivity index (χ2n) is 4.38. The van der Waals surface area contributed by atoms with Gasteiger partial charge in [0.15, 0.2) is 0 Å². The Balaban J connectivity index is 1.76. The lowest BCUT2D eigenvalue weighted by Crippen LogP contribution is -1.85. The maximum Gasteiger partial charge on any atom is 0.0302 e. The van der Waals surface area contributed by atoms with Gasteiger partial charge in [-0.15, -0.1) is 0 Å². The topological polar surface area (TPSA) is 12.9 Å². The van der Waals surface area contributed by atoms with Crippen molar-refractivity contribution in [2.75, 3.05) is 0 Å². The van der Waals surface area contributed by atoms with E-state index in [4.69, 9.17) is 0 Å². The van der Waals surface area contributed by atoms with Gasteiger partial charge in [0.1, 0.15) is 0 Å². The van der Waals surface area contributed by atoms with Gasteiger partial charge < -0.3 is 0 Å². The van der Waals surface area contributed by atoms with Gasteiger partial charge in [-0.25, -0.2) is 0 Å². The molecule has 1 saturated carbocycles. The number of rotatable bonds is 5. The van der Waals surface area contributed by atoms with Gasteiger partial charge in [-0.3, -0.25) is 4.98 Å².